The van der Waals surface area contributed by atoms with Gasteiger partial charge in [-0.3, -0.25) is 9.55 Å². The van der Waals surface area contributed by atoms with E-state index in [0.29, 0.717) is 6.54 Å². The quantitative estimate of drug-likeness (QED) is 0.475. The van der Waals surface area contributed by atoms with E-state index in [1.54, 1.807) is 0 Å². The van der Waals surface area contributed by atoms with Crippen molar-refractivity contribution in [3.63, 3.8) is 0 Å². The van der Waals surface area contributed by atoms with Crippen molar-refractivity contribution < 1.29 is 9.47 Å². The minimum Gasteiger partial charge on any atom is -0.454 e. The molecule has 152 valence electrons. The Labute approximate surface area is 178 Å². The van der Waals surface area contributed by atoms with Gasteiger partial charge in [-0.15, -0.1) is 0 Å². The first-order valence-electron chi connectivity index (χ1n) is 10.3. The highest BCUT2D eigenvalue weighted by molar-refractivity contribution is 6.04. The maximum absolute atomic E-state index is 5.68. The average Bonchev–Trinajstić information content (AvgIpc) is 3.46. The molecule has 0 saturated heterocycles. The number of aromatic nitrogens is 3. The Hall–Kier alpha value is -3.90. The van der Waals surface area contributed by atoms with Crippen molar-refractivity contribution in [1.29, 1.82) is 0 Å². The van der Waals surface area contributed by atoms with Crippen LogP contribution < -0.4 is 15.2 Å². The van der Waals surface area contributed by atoms with Crippen LogP contribution >= 0.6 is 0 Å². The highest BCUT2D eigenvalue weighted by Crippen LogP contribution is 2.37. The van der Waals surface area contributed by atoms with Crippen molar-refractivity contribution >= 4 is 21.9 Å². The lowest BCUT2D eigenvalue weighted by molar-refractivity contribution is 0.174. The van der Waals surface area contributed by atoms with Crippen molar-refractivity contribution in [2.75, 3.05) is 13.3 Å². The van der Waals surface area contributed by atoms with Gasteiger partial charge in [0.2, 0.25) is 6.79 Å². The van der Waals surface area contributed by atoms with Gasteiger partial charge < -0.3 is 15.2 Å². The normalized spacial score (nSPS) is 12.7. The summed E-state index contributed by atoms with van der Waals surface area (Å²) in [5, 5.41) is 1.05. The molecule has 0 aliphatic carbocycles. The number of nitrogens with two attached hydrogens (primary N) is 1. The smallest absolute Gasteiger partial charge is 0.231 e. The molecule has 6 rings (SSSR count). The summed E-state index contributed by atoms with van der Waals surface area (Å²) >= 11 is 0. The predicted molar refractivity (Wildman–Crippen MR) is 121 cm³/mol. The molecule has 0 saturated carbocycles. The van der Waals surface area contributed by atoms with Crippen molar-refractivity contribution in [2.24, 2.45) is 5.73 Å². The van der Waals surface area contributed by atoms with Crippen LogP contribution in [0.15, 0.2) is 73.2 Å². The lowest BCUT2D eigenvalue weighted by Gasteiger charge is -2.10. The Kier molecular flexibility index (Phi) is 4.11. The van der Waals surface area contributed by atoms with E-state index in [0.717, 1.165) is 56.7 Å². The second-order valence-electron chi connectivity index (χ2n) is 7.61. The van der Waals surface area contributed by atoms with Gasteiger partial charge in [-0.1, -0.05) is 24.3 Å². The van der Waals surface area contributed by atoms with Crippen LogP contribution in [0.4, 0.5) is 0 Å². The number of pyridine rings is 1. The summed E-state index contributed by atoms with van der Waals surface area (Å²) in [5.41, 5.74) is 13.0. The van der Waals surface area contributed by atoms with Gasteiger partial charge in [-0.05, 0) is 66.1 Å². The number of benzene rings is 3. The number of imidazole rings is 1. The molecule has 1 aliphatic heterocycles. The van der Waals surface area contributed by atoms with Gasteiger partial charge >= 0.3 is 0 Å². The van der Waals surface area contributed by atoms with Crippen molar-refractivity contribution in [3.8, 4) is 28.3 Å². The molecule has 1 aliphatic rings. The van der Waals surface area contributed by atoms with Crippen LogP contribution in [-0.2, 0) is 6.42 Å². The maximum Gasteiger partial charge on any atom is 0.231 e. The standard InChI is InChI=1S/C25H20N4O2/c26-10-9-16-1-5-19(6-2-16)29-14-28-22-13-27-21-7-3-17(11-20(21)25(22)29)18-4-8-23-24(12-18)31-15-30-23/h1-8,11-14H,9-10,15,26H2. The second-order valence-corrected chi connectivity index (χ2v) is 7.61. The zero-order chi connectivity index (χ0) is 20.8. The van der Waals surface area contributed by atoms with Gasteiger partial charge in [0.1, 0.15) is 11.8 Å². The van der Waals surface area contributed by atoms with Crippen LogP contribution in [0.25, 0.3) is 38.8 Å². The van der Waals surface area contributed by atoms with E-state index in [1.807, 2.05) is 24.7 Å². The monoisotopic (exact) mass is 408 g/mol. The Morgan fingerprint density at radius 1 is 0.839 bits per heavy atom. The fraction of sp³-hybridized carbons (Fsp3) is 0.120. The Balaban J connectivity index is 1.51. The van der Waals surface area contributed by atoms with Gasteiger partial charge in [-0.2, -0.15) is 0 Å². The highest BCUT2D eigenvalue weighted by Gasteiger charge is 2.15. The number of hydrogen-bond acceptors (Lipinski definition) is 5. The third-order valence-corrected chi connectivity index (χ3v) is 5.73. The summed E-state index contributed by atoms with van der Waals surface area (Å²) in [6.45, 7) is 0.913. The Bertz CT molecular complexity index is 1420. The van der Waals surface area contributed by atoms with Gasteiger partial charge in [0, 0.05) is 11.1 Å². The third kappa shape index (κ3) is 3.00. The predicted octanol–water partition coefficient (Wildman–Crippen LogP) is 4.47. The van der Waals surface area contributed by atoms with Gasteiger partial charge in [0.05, 0.1) is 17.2 Å². The lowest BCUT2D eigenvalue weighted by Crippen LogP contribution is -2.02. The van der Waals surface area contributed by atoms with E-state index in [2.05, 4.69) is 63.1 Å². The Morgan fingerprint density at radius 2 is 1.65 bits per heavy atom. The van der Waals surface area contributed by atoms with E-state index in [-0.39, 0.29) is 6.79 Å². The first-order chi connectivity index (χ1) is 15.3. The summed E-state index contributed by atoms with van der Waals surface area (Å²) in [4.78, 5) is 9.21. The molecule has 0 radical (unpaired) electrons. The maximum atomic E-state index is 5.68. The summed E-state index contributed by atoms with van der Waals surface area (Å²) in [7, 11) is 0. The number of rotatable bonds is 4. The molecule has 6 nitrogen and oxygen atoms in total. The van der Waals surface area contributed by atoms with E-state index < -0.39 is 0 Å². The summed E-state index contributed by atoms with van der Waals surface area (Å²) in [6.07, 6.45) is 4.56. The van der Waals surface area contributed by atoms with Crippen LogP contribution in [0.5, 0.6) is 11.5 Å². The average molecular weight is 408 g/mol. The van der Waals surface area contributed by atoms with Crippen molar-refractivity contribution in [1.82, 2.24) is 14.5 Å². The first-order valence-corrected chi connectivity index (χ1v) is 10.3. The topological polar surface area (TPSA) is 75.2 Å². The van der Waals surface area contributed by atoms with Crippen molar-refractivity contribution in [2.45, 2.75) is 6.42 Å². The zero-order valence-corrected chi connectivity index (χ0v) is 16.8. The van der Waals surface area contributed by atoms with E-state index in [1.165, 1.54) is 5.56 Å². The molecule has 5 aromatic rings. The number of nitrogens with zero attached hydrogens (tertiary/aromatic N) is 3. The number of fused-ring (bicyclic) bond motifs is 4. The number of ether oxygens (including phenoxy) is 2. The summed E-state index contributed by atoms with van der Waals surface area (Å²) < 4.78 is 13.1. The number of hydrogen-bond donors (Lipinski definition) is 1. The molecular formula is C25H20N4O2. The lowest BCUT2D eigenvalue weighted by atomic mass is 10.0. The molecule has 0 fully saturated rings. The molecule has 0 spiro atoms. The van der Waals surface area contributed by atoms with Crippen LogP contribution in [0.2, 0.25) is 0 Å². The van der Waals surface area contributed by atoms with Crippen LogP contribution in [-0.4, -0.2) is 27.9 Å². The third-order valence-electron chi connectivity index (χ3n) is 5.73. The Morgan fingerprint density at radius 3 is 2.52 bits per heavy atom. The first kappa shape index (κ1) is 17.9. The van der Waals surface area contributed by atoms with Gasteiger partial charge in [-0.25, -0.2) is 4.98 Å². The van der Waals surface area contributed by atoms with Crippen molar-refractivity contribution in [3.05, 3.63) is 78.8 Å². The van der Waals surface area contributed by atoms with Gasteiger partial charge in [0.15, 0.2) is 11.5 Å². The molecule has 0 atom stereocenters. The molecule has 0 amide bonds. The highest BCUT2D eigenvalue weighted by atomic mass is 16.7. The molecular weight excluding hydrogens is 388 g/mol. The molecule has 2 N–H and O–H groups in total. The van der Waals surface area contributed by atoms with E-state index >= 15 is 0 Å². The molecule has 31 heavy (non-hydrogen) atoms. The van der Waals surface area contributed by atoms with Crippen LogP contribution in [0.1, 0.15) is 5.56 Å². The molecule has 3 heterocycles. The van der Waals surface area contributed by atoms with E-state index in [9.17, 15) is 0 Å². The fourth-order valence-corrected chi connectivity index (χ4v) is 4.13. The fourth-order valence-electron chi connectivity index (χ4n) is 4.13. The van der Waals surface area contributed by atoms with Crippen LogP contribution in [0.3, 0.4) is 0 Å². The largest absolute Gasteiger partial charge is 0.454 e. The second kappa shape index (κ2) is 7.11. The van der Waals surface area contributed by atoms with Crippen LogP contribution in [0, 0.1) is 0 Å². The van der Waals surface area contributed by atoms with E-state index in [4.69, 9.17) is 15.2 Å². The van der Waals surface area contributed by atoms with Gasteiger partial charge in [0.25, 0.3) is 0 Å². The summed E-state index contributed by atoms with van der Waals surface area (Å²) in [5.74, 6) is 1.56. The molecule has 6 heteroatoms. The molecule has 2 aromatic heterocycles. The summed E-state index contributed by atoms with van der Waals surface area (Å²) in [6, 6.07) is 20.8. The SMILES string of the molecule is NCCc1ccc(-n2cnc3cnc4ccc(-c5ccc6c(c5)OCO6)cc4c32)cc1. The minimum absolute atomic E-state index is 0.268. The molecule has 3 aromatic carbocycles. The minimum atomic E-state index is 0.268. The molecule has 0 bridgehead atoms. The molecule has 0 unspecified atom stereocenters. The zero-order valence-electron chi connectivity index (χ0n) is 16.8.